The number of carbonyl (C=O) groups excluding carboxylic acids is 1. The molecule has 0 saturated carbocycles. The van der Waals surface area contributed by atoms with Gasteiger partial charge in [0, 0.05) is 6.04 Å². The lowest BCUT2D eigenvalue weighted by Gasteiger charge is -2.23. The predicted molar refractivity (Wildman–Crippen MR) is 92.7 cm³/mol. The van der Waals surface area contributed by atoms with E-state index in [9.17, 15) is 4.79 Å². The van der Waals surface area contributed by atoms with Crippen LogP contribution in [-0.2, 0) is 4.79 Å². The summed E-state index contributed by atoms with van der Waals surface area (Å²) in [6, 6.07) is 8.19. The van der Waals surface area contributed by atoms with Gasteiger partial charge in [0.15, 0.2) is 0 Å². The van der Waals surface area contributed by atoms with Gasteiger partial charge in [-0.25, -0.2) is 0 Å². The van der Waals surface area contributed by atoms with Gasteiger partial charge in [-0.05, 0) is 66.4 Å². The number of benzene rings is 1. The molecule has 1 aromatic heterocycles. The van der Waals surface area contributed by atoms with Crippen molar-refractivity contribution in [2.75, 3.05) is 18.4 Å². The molecule has 116 valence electrons. The number of amides is 1. The van der Waals surface area contributed by atoms with E-state index in [0.717, 1.165) is 24.9 Å². The maximum Gasteiger partial charge on any atom is 0.238 e. The lowest BCUT2D eigenvalue weighted by Crippen LogP contribution is -2.32. The van der Waals surface area contributed by atoms with Crippen LogP contribution in [0.3, 0.4) is 0 Å². The maximum absolute atomic E-state index is 12.3. The van der Waals surface area contributed by atoms with E-state index < -0.39 is 0 Å². The molecule has 1 fully saturated rings. The molecule has 5 heteroatoms. The Morgan fingerprint density at radius 1 is 1.45 bits per heavy atom. The summed E-state index contributed by atoms with van der Waals surface area (Å²) in [5.41, 5.74) is 3.09. The van der Waals surface area contributed by atoms with Gasteiger partial charge in [-0.2, -0.15) is 11.3 Å². The molecule has 1 N–H and O–H groups in total. The standard InChI is InChI=1S/C17H19ClN2OS/c1-12-4-5-15(14(18)9-12)19-17(21)10-20-7-2-3-16(20)13-6-8-22-11-13/h4-6,8-9,11,16H,2-3,7,10H2,1H3,(H,19,21). The molecule has 1 saturated heterocycles. The highest BCUT2D eigenvalue weighted by molar-refractivity contribution is 7.07. The topological polar surface area (TPSA) is 32.3 Å². The first-order chi connectivity index (χ1) is 10.6. The number of thiophene rings is 1. The molecule has 0 spiro atoms. The van der Waals surface area contributed by atoms with Crippen LogP contribution in [0.2, 0.25) is 5.02 Å². The highest BCUT2D eigenvalue weighted by Gasteiger charge is 2.27. The van der Waals surface area contributed by atoms with Crippen LogP contribution in [0.4, 0.5) is 5.69 Å². The van der Waals surface area contributed by atoms with E-state index in [4.69, 9.17) is 11.6 Å². The van der Waals surface area contributed by atoms with Gasteiger partial charge >= 0.3 is 0 Å². The van der Waals surface area contributed by atoms with Crippen LogP contribution in [0, 0.1) is 6.92 Å². The zero-order chi connectivity index (χ0) is 15.5. The van der Waals surface area contributed by atoms with Crippen LogP contribution in [-0.4, -0.2) is 23.9 Å². The fourth-order valence-corrected chi connectivity index (χ4v) is 3.94. The molecule has 1 aliphatic heterocycles. The summed E-state index contributed by atoms with van der Waals surface area (Å²) in [6.07, 6.45) is 2.26. The SMILES string of the molecule is Cc1ccc(NC(=O)CN2CCCC2c2ccsc2)c(Cl)c1. The van der Waals surface area contributed by atoms with Gasteiger partial charge in [0.1, 0.15) is 0 Å². The minimum absolute atomic E-state index is 0.00659. The molecule has 0 aliphatic carbocycles. The number of likely N-dealkylation sites (tertiary alicyclic amines) is 1. The summed E-state index contributed by atoms with van der Waals surface area (Å²) < 4.78 is 0. The Hall–Kier alpha value is -1.36. The smallest absolute Gasteiger partial charge is 0.238 e. The molecule has 2 aromatic rings. The molecule has 1 aliphatic rings. The van der Waals surface area contributed by atoms with Crippen molar-refractivity contribution in [1.29, 1.82) is 0 Å². The fourth-order valence-electron chi connectivity index (χ4n) is 2.95. The Balaban J connectivity index is 1.64. The minimum atomic E-state index is -0.00659. The Bertz CT molecular complexity index is 657. The van der Waals surface area contributed by atoms with Crippen molar-refractivity contribution in [3.05, 3.63) is 51.2 Å². The molecule has 3 rings (SSSR count). The van der Waals surface area contributed by atoms with Crippen LogP contribution >= 0.6 is 22.9 Å². The lowest BCUT2D eigenvalue weighted by atomic mass is 10.1. The summed E-state index contributed by atoms with van der Waals surface area (Å²) in [7, 11) is 0. The number of aryl methyl sites for hydroxylation is 1. The molecule has 2 heterocycles. The summed E-state index contributed by atoms with van der Waals surface area (Å²) in [6.45, 7) is 3.35. The number of nitrogens with one attached hydrogen (secondary N) is 1. The van der Waals surface area contributed by atoms with Crippen LogP contribution < -0.4 is 5.32 Å². The highest BCUT2D eigenvalue weighted by Crippen LogP contribution is 2.32. The number of nitrogens with zero attached hydrogens (tertiary/aromatic N) is 1. The van der Waals surface area contributed by atoms with E-state index in [2.05, 4.69) is 27.0 Å². The second-order valence-corrected chi connectivity index (χ2v) is 6.90. The quantitative estimate of drug-likeness (QED) is 0.893. The molecule has 0 radical (unpaired) electrons. The van der Waals surface area contributed by atoms with E-state index in [1.54, 1.807) is 11.3 Å². The summed E-state index contributed by atoms with van der Waals surface area (Å²) in [5.74, 6) is -0.00659. The van der Waals surface area contributed by atoms with Gasteiger partial charge in [0.05, 0.1) is 17.3 Å². The largest absolute Gasteiger partial charge is 0.324 e. The number of rotatable bonds is 4. The number of halogens is 1. The second-order valence-electron chi connectivity index (χ2n) is 5.72. The average molecular weight is 335 g/mol. The number of hydrogen-bond donors (Lipinski definition) is 1. The number of anilines is 1. The van der Waals surface area contributed by atoms with Gasteiger partial charge in [-0.15, -0.1) is 0 Å². The van der Waals surface area contributed by atoms with Gasteiger partial charge < -0.3 is 5.32 Å². The second kappa shape index (κ2) is 6.82. The first kappa shape index (κ1) is 15.5. The molecule has 0 bridgehead atoms. The van der Waals surface area contributed by atoms with Crippen LogP contribution in [0.15, 0.2) is 35.0 Å². The average Bonchev–Trinajstić information content (AvgIpc) is 3.12. The zero-order valence-electron chi connectivity index (χ0n) is 12.5. The van der Waals surface area contributed by atoms with Crippen molar-refractivity contribution >= 4 is 34.5 Å². The van der Waals surface area contributed by atoms with Crippen molar-refractivity contribution in [2.24, 2.45) is 0 Å². The van der Waals surface area contributed by atoms with Gasteiger partial charge in [0.25, 0.3) is 0 Å². The summed E-state index contributed by atoms with van der Waals surface area (Å²) >= 11 is 7.88. The normalized spacial score (nSPS) is 18.5. The third-order valence-electron chi connectivity index (χ3n) is 4.04. The van der Waals surface area contributed by atoms with E-state index >= 15 is 0 Å². The number of hydrogen-bond acceptors (Lipinski definition) is 3. The van der Waals surface area contributed by atoms with E-state index in [1.165, 1.54) is 5.56 Å². The van der Waals surface area contributed by atoms with Crippen molar-refractivity contribution in [1.82, 2.24) is 4.90 Å². The first-order valence-electron chi connectivity index (χ1n) is 7.45. The van der Waals surface area contributed by atoms with Crippen molar-refractivity contribution in [2.45, 2.75) is 25.8 Å². The molecule has 22 heavy (non-hydrogen) atoms. The van der Waals surface area contributed by atoms with Crippen LogP contribution in [0.5, 0.6) is 0 Å². The van der Waals surface area contributed by atoms with E-state index in [-0.39, 0.29) is 5.91 Å². The van der Waals surface area contributed by atoms with Gasteiger partial charge in [-0.3, -0.25) is 9.69 Å². The van der Waals surface area contributed by atoms with Gasteiger partial charge in [0.2, 0.25) is 5.91 Å². The lowest BCUT2D eigenvalue weighted by molar-refractivity contribution is -0.117. The molecule has 1 aromatic carbocycles. The molecular weight excluding hydrogens is 316 g/mol. The Labute approximate surface area is 139 Å². The summed E-state index contributed by atoms with van der Waals surface area (Å²) in [4.78, 5) is 14.6. The minimum Gasteiger partial charge on any atom is -0.324 e. The van der Waals surface area contributed by atoms with Crippen LogP contribution in [0.1, 0.15) is 30.0 Å². The fraction of sp³-hybridized carbons (Fsp3) is 0.353. The molecule has 1 unspecified atom stereocenters. The predicted octanol–water partition coefficient (Wildman–Crippen LogP) is 4.49. The van der Waals surface area contributed by atoms with Gasteiger partial charge in [-0.1, -0.05) is 17.7 Å². The van der Waals surface area contributed by atoms with E-state index in [1.807, 2.05) is 25.1 Å². The Morgan fingerprint density at radius 2 is 2.32 bits per heavy atom. The van der Waals surface area contributed by atoms with Crippen LogP contribution in [0.25, 0.3) is 0 Å². The Morgan fingerprint density at radius 3 is 3.05 bits per heavy atom. The molecule has 1 atom stereocenters. The highest BCUT2D eigenvalue weighted by atomic mass is 35.5. The van der Waals surface area contributed by atoms with Crippen molar-refractivity contribution in [3.8, 4) is 0 Å². The molecule has 1 amide bonds. The third-order valence-corrected chi connectivity index (χ3v) is 5.05. The van der Waals surface area contributed by atoms with Crippen molar-refractivity contribution < 1.29 is 4.79 Å². The Kier molecular flexibility index (Phi) is 4.81. The zero-order valence-corrected chi connectivity index (χ0v) is 14.1. The number of carbonyl (C=O) groups is 1. The maximum atomic E-state index is 12.3. The summed E-state index contributed by atoms with van der Waals surface area (Å²) in [5, 5.41) is 7.78. The monoisotopic (exact) mass is 334 g/mol. The first-order valence-corrected chi connectivity index (χ1v) is 8.78. The molecular formula is C17H19ClN2OS. The molecule has 3 nitrogen and oxygen atoms in total. The van der Waals surface area contributed by atoms with E-state index in [0.29, 0.717) is 23.3 Å². The van der Waals surface area contributed by atoms with Crippen molar-refractivity contribution in [3.63, 3.8) is 0 Å². The third kappa shape index (κ3) is 3.51.